The van der Waals surface area contributed by atoms with Crippen LogP contribution >= 0.6 is 11.8 Å². The number of amides is 2. The zero-order valence-corrected chi connectivity index (χ0v) is 15.4. The number of aromatic amines is 1. The molecular formula is C18H21N5O2S. The van der Waals surface area contributed by atoms with E-state index in [4.69, 9.17) is 4.42 Å². The molecule has 136 valence electrons. The van der Waals surface area contributed by atoms with Crippen LogP contribution in [0.15, 0.2) is 40.1 Å². The van der Waals surface area contributed by atoms with Crippen molar-refractivity contribution in [3.05, 3.63) is 36.2 Å². The Hall–Kier alpha value is -2.48. The Labute approximate surface area is 155 Å². The van der Waals surface area contributed by atoms with Gasteiger partial charge in [-0.05, 0) is 36.8 Å². The van der Waals surface area contributed by atoms with E-state index in [2.05, 4.69) is 27.4 Å². The molecule has 0 spiro atoms. The Morgan fingerprint density at radius 3 is 3.19 bits per heavy atom. The molecule has 2 N–H and O–H groups in total. The van der Waals surface area contributed by atoms with Gasteiger partial charge in [0, 0.05) is 42.7 Å². The maximum Gasteiger partial charge on any atom is 0.321 e. The topological polar surface area (TPSA) is 87.0 Å². The highest BCUT2D eigenvalue weighted by Crippen LogP contribution is 2.27. The summed E-state index contributed by atoms with van der Waals surface area (Å²) in [6.45, 7) is 3.51. The molecule has 0 aliphatic carbocycles. The van der Waals surface area contributed by atoms with Crippen LogP contribution in [0.25, 0.3) is 11.1 Å². The molecule has 26 heavy (non-hydrogen) atoms. The third-order valence-electron chi connectivity index (χ3n) is 4.56. The molecule has 0 bridgehead atoms. The first-order valence-electron chi connectivity index (χ1n) is 8.81. The fourth-order valence-electron chi connectivity index (χ4n) is 3.28. The number of likely N-dealkylation sites (tertiary alicyclic amines) is 1. The first-order chi connectivity index (χ1) is 12.7. The lowest BCUT2D eigenvalue weighted by Gasteiger charge is -2.32. The summed E-state index contributed by atoms with van der Waals surface area (Å²) in [5, 5.41) is 10.7. The number of hydrogen-bond donors (Lipinski definition) is 2. The minimum Gasteiger partial charge on any atom is -0.431 e. The monoisotopic (exact) mass is 371 g/mol. The van der Waals surface area contributed by atoms with Gasteiger partial charge in [0.05, 0.1) is 0 Å². The SMILES string of the molecule is CCSc1nc2ccc(NC(=O)N3CCC[C@@H](c4ccn[nH]4)C3)cc2o1. The number of aromatic nitrogens is 3. The van der Waals surface area contributed by atoms with Gasteiger partial charge in [-0.1, -0.05) is 18.7 Å². The Morgan fingerprint density at radius 1 is 1.46 bits per heavy atom. The minimum absolute atomic E-state index is 0.0868. The highest BCUT2D eigenvalue weighted by molar-refractivity contribution is 7.99. The lowest BCUT2D eigenvalue weighted by Crippen LogP contribution is -2.41. The second-order valence-corrected chi connectivity index (χ2v) is 7.54. The molecule has 4 rings (SSSR count). The number of oxazole rings is 1. The smallest absolute Gasteiger partial charge is 0.321 e. The summed E-state index contributed by atoms with van der Waals surface area (Å²) in [5.74, 6) is 1.21. The predicted molar refractivity (Wildman–Crippen MR) is 102 cm³/mol. The summed E-state index contributed by atoms with van der Waals surface area (Å²) in [6, 6.07) is 7.46. The number of fused-ring (bicyclic) bond motifs is 1. The van der Waals surface area contributed by atoms with Crippen molar-refractivity contribution < 1.29 is 9.21 Å². The number of urea groups is 1. The third-order valence-corrected chi connectivity index (χ3v) is 5.27. The molecule has 8 heteroatoms. The second-order valence-electron chi connectivity index (χ2n) is 6.32. The highest BCUT2D eigenvalue weighted by Gasteiger charge is 2.25. The number of benzene rings is 1. The van der Waals surface area contributed by atoms with E-state index in [0.29, 0.717) is 23.3 Å². The van der Waals surface area contributed by atoms with Gasteiger partial charge in [0.25, 0.3) is 5.22 Å². The fourth-order valence-corrected chi connectivity index (χ4v) is 3.84. The highest BCUT2D eigenvalue weighted by atomic mass is 32.2. The van der Waals surface area contributed by atoms with E-state index in [1.807, 2.05) is 29.2 Å². The molecule has 1 aliphatic heterocycles. The summed E-state index contributed by atoms with van der Waals surface area (Å²) in [4.78, 5) is 18.9. The van der Waals surface area contributed by atoms with Crippen molar-refractivity contribution in [3.63, 3.8) is 0 Å². The number of thioether (sulfide) groups is 1. The number of piperidine rings is 1. The van der Waals surface area contributed by atoms with Crippen LogP contribution in [-0.2, 0) is 0 Å². The van der Waals surface area contributed by atoms with Gasteiger partial charge in [0.1, 0.15) is 5.52 Å². The van der Waals surface area contributed by atoms with Crippen LogP contribution in [0, 0.1) is 0 Å². The third kappa shape index (κ3) is 3.55. The van der Waals surface area contributed by atoms with Crippen molar-refractivity contribution in [2.24, 2.45) is 0 Å². The Morgan fingerprint density at radius 2 is 2.38 bits per heavy atom. The number of rotatable bonds is 4. The zero-order valence-electron chi connectivity index (χ0n) is 14.6. The van der Waals surface area contributed by atoms with E-state index in [9.17, 15) is 4.79 Å². The van der Waals surface area contributed by atoms with Crippen molar-refractivity contribution in [2.75, 3.05) is 24.2 Å². The van der Waals surface area contributed by atoms with Crippen LogP contribution in [0.5, 0.6) is 0 Å². The molecule has 3 heterocycles. The van der Waals surface area contributed by atoms with E-state index in [0.717, 1.165) is 42.0 Å². The Bertz CT molecular complexity index is 892. The summed E-state index contributed by atoms with van der Waals surface area (Å²) in [6.07, 6.45) is 3.80. The number of H-pyrrole nitrogens is 1. The lowest BCUT2D eigenvalue weighted by atomic mass is 9.95. The molecule has 0 saturated carbocycles. The minimum atomic E-state index is -0.0868. The lowest BCUT2D eigenvalue weighted by molar-refractivity contribution is 0.192. The largest absolute Gasteiger partial charge is 0.431 e. The van der Waals surface area contributed by atoms with Gasteiger partial charge < -0.3 is 14.6 Å². The molecule has 7 nitrogen and oxygen atoms in total. The van der Waals surface area contributed by atoms with Crippen LogP contribution in [0.2, 0.25) is 0 Å². The van der Waals surface area contributed by atoms with E-state index < -0.39 is 0 Å². The van der Waals surface area contributed by atoms with Gasteiger partial charge in [-0.3, -0.25) is 5.10 Å². The summed E-state index contributed by atoms with van der Waals surface area (Å²) >= 11 is 1.56. The van der Waals surface area contributed by atoms with Crippen molar-refractivity contribution in [1.82, 2.24) is 20.1 Å². The number of carbonyl (C=O) groups is 1. The van der Waals surface area contributed by atoms with Crippen LogP contribution in [0.1, 0.15) is 31.4 Å². The van der Waals surface area contributed by atoms with Crippen LogP contribution in [0.3, 0.4) is 0 Å². The summed E-state index contributed by atoms with van der Waals surface area (Å²) < 4.78 is 5.72. The van der Waals surface area contributed by atoms with Gasteiger partial charge >= 0.3 is 6.03 Å². The van der Waals surface area contributed by atoms with E-state index >= 15 is 0 Å². The zero-order chi connectivity index (χ0) is 17.9. The van der Waals surface area contributed by atoms with Crippen LogP contribution < -0.4 is 5.32 Å². The molecule has 1 atom stereocenters. The second kappa shape index (κ2) is 7.41. The number of anilines is 1. The van der Waals surface area contributed by atoms with Gasteiger partial charge in [0.2, 0.25) is 0 Å². The number of carbonyl (C=O) groups excluding carboxylic acids is 1. The van der Waals surface area contributed by atoms with Crippen LogP contribution in [-0.4, -0.2) is 45.0 Å². The summed E-state index contributed by atoms with van der Waals surface area (Å²) in [5.41, 5.74) is 3.30. The molecule has 1 aromatic carbocycles. The number of hydrogen-bond acceptors (Lipinski definition) is 5. The molecule has 1 saturated heterocycles. The molecule has 1 fully saturated rings. The Kier molecular flexibility index (Phi) is 4.83. The van der Waals surface area contributed by atoms with Crippen molar-refractivity contribution in [2.45, 2.75) is 30.9 Å². The molecule has 0 radical (unpaired) electrons. The molecule has 0 unspecified atom stereocenters. The molecule has 2 amide bonds. The molecule has 2 aromatic heterocycles. The summed E-state index contributed by atoms with van der Waals surface area (Å²) in [7, 11) is 0. The first kappa shape index (κ1) is 17.0. The van der Waals surface area contributed by atoms with Crippen molar-refractivity contribution >= 4 is 34.6 Å². The van der Waals surface area contributed by atoms with Gasteiger partial charge in [-0.2, -0.15) is 5.10 Å². The fraction of sp³-hybridized carbons (Fsp3) is 0.389. The Balaban J connectivity index is 1.44. The quantitative estimate of drug-likeness (QED) is 0.675. The maximum atomic E-state index is 12.7. The predicted octanol–water partition coefficient (Wildman–Crippen LogP) is 4.07. The van der Waals surface area contributed by atoms with E-state index in [1.165, 1.54) is 0 Å². The van der Waals surface area contributed by atoms with E-state index in [-0.39, 0.29) is 6.03 Å². The number of nitrogens with one attached hydrogen (secondary N) is 2. The first-order valence-corrected chi connectivity index (χ1v) is 9.80. The average molecular weight is 371 g/mol. The molecular weight excluding hydrogens is 350 g/mol. The number of nitrogens with zero attached hydrogens (tertiary/aromatic N) is 3. The van der Waals surface area contributed by atoms with E-state index in [1.54, 1.807) is 18.0 Å². The molecule has 3 aromatic rings. The van der Waals surface area contributed by atoms with Gasteiger partial charge in [-0.15, -0.1) is 0 Å². The van der Waals surface area contributed by atoms with Crippen molar-refractivity contribution in [1.29, 1.82) is 0 Å². The maximum absolute atomic E-state index is 12.7. The van der Waals surface area contributed by atoms with Gasteiger partial charge in [-0.25, -0.2) is 9.78 Å². The van der Waals surface area contributed by atoms with Gasteiger partial charge in [0.15, 0.2) is 5.58 Å². The standard InChI is InChI=1S/C18H21N5O2S/c1-2-26-18-21-15-6-5-13(10-16(15)25-18)20-17(24)23-9-3-4-12(11-23)14-7-8-19-22-14/h5-8,10,12H,2-4,9,11H2,1H3,(H,19,22)(H,20,24)/t12-/m1/s1. The average Bonchev–Trinajstić information content (AvgIpc) is 3.31. The normalized spacial score (nSPS) is 17.6. The van der Waals surface area contributed by atoms with Crippen molar-refractivity contribution in [3.8, 4) is 0 Å². The molecule has 1 aliphatic rings. The van der Waals surface area contributed by atoms with Crippen LogP contribution in [0.4, 0.5) is 10.5 Å².